The molecule has 1 rings (SSSR count). The van der Waals surface area contributed by atoms with Gasteiger partial charge in [-0.05, 0) is 25.5 Å². The van der Waals surface area contributed by atoms with E-state index in [1.807, 2.05) is 55.7 Å². The van der Waals surface area contributed by atoms with Gasteiger partial charge in [0.25, 0.3) is 0 Å². The fraction of sp³-hybridized carbons (Fsp3) is 0.273. The van der Waals surface area contributed by atoms with Crippen LogP contribution in [0.3, 0.4) is 0 Å². The second kappa shape index (κ2) is 6.65. The van der Waals surface area contributed by atoms with Gasteiger partial charge >= 0.3 is 0 Å². The van der Waals surface area contributed by atoms with E-state index in [2.05, 4.69) is 0 Å². The molecule has 0 aliphatic carbocycles. The van der Waals surface area contributed by atoms with Crippen molar-refractivity contribution in [1.82, 2.24) is 0 Å². The van der Waals surface area contributed by atoms with Gasteiger partial charge in [0.15, 0.2) is 0 Å². The lowest BCUT2D eigenvalue weighted by Crippen LogP contribution is -1.98. The Hall–Kier alpha value is -0.770. The first-order valence-corrected chi connectivity index (χ1v) is 5.30. The molecule has 0 aromatic heterocycles. The van der Waals surface area contributed by atoms with E-state index in [1.165, 1.54) is 12.0 Å². The lowest BCUT2D eigenvalue weighted by molar-refractivity contribution is -0.219. The lowest BCUT2D eigenvalue weighted by Gasteiger charge is -2.01. The van der Waals surface area contributed by atoms with Crippen molar-refractivity contribution in [2.45, 2.75) is 20.0 Å². The molecule has 14 heavy (non-hydrogen) atoms. The maximum Gasteiger partial charge on any atom is 0.0886 e. The Morgan fingerprint density at radius 2 is 1.93 bits per heavy atom. The Balaban J connectivity index is 2.21. The highest BCUT2D eigenvalue weighted by atomic mass is 32.2. The normalized spacial score (nSPS) is 11.4. The second-order valence-electron chi connectivity index (χ2n) is 3.02. The van der Waals surface area contributed by atoms with Gasteiger partial charge in [-0.1, -0.05) is 30.3 Å². The van der Waals surface area contributed by atoms with Crippen molar-refractivity contribution < 1.29 is 9.22 Å². The van der Waals surface area contributed by atoms with Gasteiger partial charge in [-0.2, -0.15) is 4.33 Å². The van der Waals surface area contributed by atoms with Crippen LogP contribution in [0.2, 0.25) is 0 Å². The topological polar surface area (TPSA) is 18.5 Å². The van der Waals surface area contributed by atoms with E-state index in [4.69, 9.17) is 9.22 Å². The largest absolute Gasteiger partial charge is 0.221 e. The molecule has 0 N–H and O–H groups in total. The molecule has 1 aromatic rings. The van der Waals surface area contributed by atoms with Gasteiger partial charge in [-0.25, -0.2) is 4.89 Å². The molecule has 76 valence electrons. The summed E-state index contributed by atoms with van der Waals surface area (Å²) in [5.41, 5.74) is 1.15. The van der Waals surface area contributed by atoms with Gasteiger partial charge in [0.2, 0.25) is 0 Å². The lowest BCUT2D eigenvalue weighted by atomic mass is 10.2. The highest BCUT2D eigenvalue weighted by Crippen LogP contribution is 2.10. The summed E-state index contributed by atoms with van der Waals surface area (Å²) in [5, 5.41) is 1.84. The third-order valence-corrected chi connectivity index (χ3v) is 1.79. The molecule has 0 bridgehead atoms. The van der Waals surface area contributed by atoms with Crippen molar-refractivity contribution in [2.75, 3.05) is 0 Å². The van der Waals surface area contributed by atoms with Crippen molar-refractivity contribution >= 4 is 18.1 Å². The molecule has 0 spiro atoms. The monoisotopic (exact) mass is 210 g/mol. The zero-order chi connectivity index (χ0) is 10.2. The second-order valence-corrected chi connectivity index (χ2v) is 3.62. The molecule has 1 aromatic carbocycles. The maximum absolute atomic E-state index is 4.89. The minimum absolute atomic E-state index is 0.0904. The van der Waals surface area contributed by atoms with Gasteiger partial charge < -0.3 is 0 Å². The minimum Gasteiger partial charge on any atom is -0.221 e. The van der Waals surface area contributed by atoms with E-state index in [9.17, 15) is 0 Å². The van der Waals surface area contributed by atoms with Gasteiger partial charge in [0.05, 0.1) is 18.1 Å². The van der Waals surface area contributed by atoms with Crippen LogP contribution in [0.25, 0.3) is 6.08 Å². The molecule has 3 heteroatoms. The average Bonchev–Trinajstić information content (AvgIpc) is 2.18. The van der Waals surface area contributed by atoms with Crippen LogP contribution in [0.1, 0.15) is 19.4 Å². The van der Waals surface area contributed by atoms with E-state index >= 15 is 0 Å². The minimum atomic E-state index is 0.0904. The maximum atomic E-state index is 4.89. The Morgan fingerprint density at radius 1 is 1.21 bits per heavy atom. The molecule has 0 atom stereocenters. The zero-order valence-electron chi connectivity index (χ0n) is 8.34. The smallest absolute Gasteiger partial charge is 0.0886 e. The van der Waals surface area contributed by atoms with Crippen molar-refractivity contribution in [3.05, 3.63) is 41.3 Å². The fourth-order valence-electron chi connectivity index (χ4n) is 0.794. The summed E-state index contributed by atoms with van der Waals surface area (Å²) in [6, 6.07) is 10.0. The Bertz CT molecular complexity index is 270. The van der Waals surface area contributed by atoms with Gasteiger partial charge in [-0.3, -0.25) is 0 Å². The first-order chi connectivity index (χ1) is 6.79. The fourth-order valence-corrected chi connectivity index (χ4v) is 1.25. The molecule has 0 saturated heterocycles. The average molecular weight is 210 g/mol. The summed E-state index contributed by atoms with van der Waals surface area (Å²) in [4.78, 5) is 4.89. The molecule has 0 fully saturated rings. The first-order valence-electron chi connectivity index (χ1n) is 4.49. The van der Waals surface area contributed by atoms with Crippen LogP contribution in [0.15, 0.2) is 35.7 Å². The Kier molecular flexibility index (Phi) is 5.37. The molecule has 2 nitrogen and oxygen atoms in total. The molecule has 0 amide bonds. The van der Waals surface area contributed by atoms with Crippen LogP contribution in [-0.4, -0.2) is 6.10 Å². The van der Waals surface area contributed by atoms with Crippen LogP contribution in [0.4, 0.5) is 0 Å². The molecular weight excluding hydrogens is 196 g/mol. The Labute approximate surface area is 89.1 Å². The zero-order valence-corrected chi connectivity index (χ0v) is 9.16. The van der Waals surface area contributed by atoms with Crippen LogP contribution < -0.4 is 0 Å². The van der Waals surface area contributed by atoms with Crippen molar-refractivity contribution in [3.8, 4) is 0 Å². The van der Waals surface area contributed by atoms with E-state index in [0.29, 0.717) is 0 Å². The van der Waals surface area contributed by atoms with Gasteiger partial charge in [0.1, 0.15) is 0 Å². The number of hydrogen-bond donors (Lipinski definition) is 0. The summed E-state index contributed by atoms with van der Waals surface area (Å²) in [5.74, 6) is 0. The molecular formula is C11H14O2S. The quantitative estimate of drug-likeness (QED) is 0.320. The van der Waals surface area contributed by atoms with Crippen molar-refractivity contribution in [1.29, 1.82) is 0 Å². The summed E-state index contributed by atoms with van der Waals surface area (Å²) in [6.07, 6.45) is 2.06. The van der Waals surface area contributed by atoms with Crippen molar-refractivity contribution in [3.63, 3.8) is 0 Å². The van der Waals surface area contributed by atoms with Crippen LogP contribution in [-0.2, 0) is 9.22 Å². The van der Waals surface area contributed by atoms with Gasteiger partial charge in [0, 0.05) is 5.41 Å². The predicted octanol–water partition coefficient (Wildman–Crippen LogP) is 3.66. The molecule has 0 saturated carbocycles. The van der Waals surface area contributed by atoms with Gasteiger partial charge in [-0.15, -0.1) is 0 Å². The van der Waals surface area contributed by atoms with E-state index in [-0.39, 0.29) is 6.10 Å². The highest BCUT2D eigenvalue weighted by molar-refractivity contribution is 7.97. The molecule has 0 aliphatic rings. The molecule has 0 aliphatic heterocycles. The number of rotatable bonds is 5. The summed E-state index contributed by atoms with van der Waals surface area (Å²) in [6.45, 7) is 3.84. The van der Waals surface area contributed by atoms with E-state index in [0.717, 1.165) is 5.56 Å². The summed E-state index contributed by atoms with van der Waals surface area (Å²) >= 11 is 1.17. The van der Waals surface area contributed by atoms with Crippen LogP contribution >= 0.6 is 12.0 Å². The Morgan fingerprint density at radius 3 is 2.57 bits per heavy atom. The molecule has 0 radical (unpaired) electrons. The predicted molar refractivity (Wildman–Crippen MR) is 60.4 cm³/mol. The van der Waals surface area contributed by atoms with Crippen molar-refractivity contribution in [2.24, 2.45) is 0 Å². The molecule has 0 unspecified atom stereocenters. The summed E-state index contributed by atoms with van der Waals surface area (Å²) < 4.78 is 4.85. The first kappa shape index (κ1) is 11.3. The third kappa shape index (κ3) is 5.07. The summed E-state index contributed by atoms with van der Waals surface area (Å²) in [7, 11) is 0. The van der Waals surface area contributed by atoms with Crippen LogP contribution in [0, 0.1) is 0 Å². The highest BCUT2D eigenvalue weighted by Gasteiger charge is 1.91. The number of benzene rings is 1. The van der Waals surface area contributed by atoms with E-state index in [1.54, 1.807) is 0 Å². The molecule has 0 heterocycles. The van der Waals surface area contributed by atoms with Crippen LogP contribution in [0.5, 0.6) is 0 Å². The number of hydrogen-bond acceptors (Lipinski definition) is 3. The van der Waals surface area contributed by atoms with E-state index < -0.39 is 0 Å². The standard InChI is InChI=1S/C11H14O2S/c1-10(2)12-13-14-9-8-11-6-4-3-5-7-11/h3-10H,1-2H3/b9-8+. The SMILES string of the molecule is CC(C)OOS/C=C/c1ccccc1. The third-order valence-electron chi connectivity index (χ3n) is 1.39.